The molecule has 1 unspecified atom stereocenters. The van der Waals surface area contributed by atoms with Gasteiger partial charge in [0, 0.05) is 6.04 Å². The van der Waals surface area contributed by atoms with Gasteiger partial charge in [0.15, 0.2) is 0 Å². The molecule has 1 fully saturated rings. The zero-order chi connectivity index (χ0) is 13.1. The van der Waals surface area contributed by atoms with Crippen LogP contribution in [0.1, 0.15) is 36.5 Å². The minimum Gasteiger partial charge on any atom is -0.465 e. The number of benzene rings is 1. The van der Waals surface area contributed by atoms with Crippen LogP contribution < -0.4 is 5.32 Å². The normalized spacial score (nSPS) is 16.2. The molecule has 4 heteroatoms. The van der Waals surface area contributed by atoms with E-state index in [9.17, 15) is 9.18 Å². The molecule has 1 aromatic carbocycles. The van der Waals surface area contributed by atoms with Crippen LogP contribution in [0.4, 0.5) is 10.1 Å². The van der Waals surface area contributed by atoms with Gasteiger partial charge >= 0.3 is 5.97 Å². The first-order chi connectivity index (χ1) is 8.60. The van der Waals surface area contributed by atoms with E-state index in [4.69, 9.17) is 4.74 Å². The van der Waals surface area contributed by atoms with Crippen LogP contribution in [0, 0.1) is 11.7 Å². The van der Waals surface area contributed by atoms with Crippen LogP contribution in [0.3, 0.4) is 0 Å². The first-order valence-corrected chi connectivity index (χ1v) is 6.24. The molecule has 0 saturated heterocycles. The lowest BCUT2D eigenvalue weighted by atomic mass is 10.1. The summed E-state index contributed by atoms with van der Waals surface area (Å²) in [6.07, 6.45) is 3.61. The molecule has 1 N–H and O–H groups in total. The van der Waals surface area contributed by atoms with Gasteiger partial charge in [0.05, 0.1) is 18.4 Å². The first kappa shape index (κ1) is 12.9. The quantitative estimate of drug-likeness (QED) is 0.817. The van der Waals surface area contributed by atoms with E-state index < -0.39 is 5.97 Å². The Morgan fingerprint density at radius 1 is 1.56 bits per heavy atom. The van der Waals surface area contributed by atoms with Crippen molar-refractivity contribution in [2.45, 2.75) is 32.2 Å². The highest BCUT2D eigenvalue weighted by Crippen LogP contribution is 2.34. The first-order valence-electron chi connectivity index (χ1n) is 6.24. The Morgan fingerprint density at radius 2 is 2.28 bits per heavy atom. The van der Waals surface area contributed by atoms with Crippen LogP contribution in [0.15, 0.2) is 18.2 Å². The van der Waals surface area contributed by atoms with Crippen molar-refractivity contribution in [3.05, 3.63) is 29.6 Å². The largest absolute Gasteiger partial charge is 0.465 e. The van der Waals surface area contributed by atoms with Gasteiger partial charge in [0.2, 0.25) is 0 Å². The fourth-order valence-electron chi connectivity index (χ4n) is 2.10. The molecule has 2 rings (SSSR count). The number of methoxy groups -OCH3 is 1. The molecule has 0 heterocycles. The molecule has 0 aliphatic heterocycles. The highest BCUT2D eigenvalue weighted by atomic mass is 19.1. The Labute approximate surface area is 106 Å². The molecule has 0 amide bonds. The molecule has 1 atom stereocenters. The average molecular weight is 251 g/mol. The van der Waals surface area contributed by atoms with E-state index in [2.05, 4.69) is 5.32 Å². The lowest BCUT2D eigenvalue weighted by molar-refractivity contribution is 0.0602. The third kappa shape index (κ3) is 3.22. The molecular formula is C14H18FNO2. The fourth-order valence-corrected chi connectivity index (χ4v) is 2.10. The summed E-state index contributed by atoms with van der Waals surface area (Å²) in [6, 6.07) is 4.29. The van der Waals surface area contributed by atoms with Crippen LogP contribution in [0.2, 0.25) is 0 Å². The van der Waals surface area contributed by atoms with Crippen molar-refractivity contribution in [3.63, 3.8) is 0 Å². The van der Waals surface area contributed by atoms with Crippen molar-refractivity contribution in [3.8, 4) is 0 Å². The Balaban J connectivity index is 2.12. The maximum Gasteiger partial charge on any atom is 0.339 e. The van der Waals surface area contributed by atoms with Crippen LogP contribution in [-0.4, -0.2) is 19.1 Å². The van der Waals surface area contributed by atoms with E-state index in [1.54, 1.807) is 0 Å². The predicted molar refractivity (Wildman–Crippen MR) is 68.2 cm³/mol. The summed E-state index contributed by atoms with van der Waals surface area (Å²) in [4.78, 5) is 11.6. The summed E-state index contributed by atoms with van der Waals surface area (Å²) in [7, 11) is 1.32. The Hall–Kier alpha value is -1.58. The average Bonchev–Trinajstić information content (AvgIpc) is 3.12. The van der Waals surface area contributed by atoms with Crippen molar-refractivity contribution < 1.29 is 13.9 Å². The number of anilines is 1. The van der Waals surface area contributed by atoms with E-state index in [0.29, 0.717) is 11.3 Å². The lowest BCUT2D eigenvalue weighted by Crippen LogP contribution is -2.18. The minimum atomic E-state index is -0.448. The van der Waals surface area contributed by atoms with Crippen LogP contribution in [0.25, 0.3) is 0 Å². The molecule has 0 aromatic heterocycles. The number of ether oxygens (including phenoxy) is 1. The van der Waals surface area contributed by atoms with Crippen molar-refractivity contribution in [2.75, 3.05) is 12.4 Å². The molecule has 1 saturated carbocycles. The van der Waals surface area contributed by atoms with Crippen molar-refractivity contribution in [1.29, 1.82) is 0 Å². The molecule has 1 aliphatic rings. The highest BCUT2D eigenvalue weighted by Gasteiger charge is 2.24. The van der Waals surface area contributed by atoms with Gasteiger partial charge in [-0.15, -0.1) is 0 Å². The number of halogens is 1. The third-order valence-electron chi connectivity index (χ3n) is 3.17. The van der Waals surface area contributed by atoms with Gasteiger partial charge in [-0.05, 0) is 37.5 Å². The van der Waals surface area contributed by atoms with Crippen LogP contribution >= 0.6 is 0 Å². The number of carbonyl (C=O) groups is 1. The summed E-state index contributed by atoms with van der Waals surface area (Å²) in [5.74, 6) is -0.0254. The Bertz CT molecular complexity index is 443. The van der Waals surface area contributed by atoms with Gasteiger partial charge in [-0.25, -0.2) is 9.18 Å². The molecule has 1 aromatic rings. The van der Waals surface area contributed by atoms with E-state index in [1.165, 1.54) is 38.2 Å². The molecule has 0 spiro atoms. The SMILES string of the molecule is COC(=O)c1ccc(F)cc1NC(C)CC1CC1. The second-order valence-electron chi connectivity index (χ2n) is 4.91. The molecule has 0 radical (unpaired) electrons. The molecular weight excluding hydrogens is 233 g/mol. The molecule has 3 nitrogen and oxygen atoms in total. The van der Waals surface area contributed by atoms with E-state index in [-0.39, 0.29) is 11.9 Å². The van der Waals surface area contributed by atoms with Gasteiger partial charge in [-0.3, -0.25) is 0 Å². The number of nitrogens with one attached hydrogen (secondary N) is 1. The van der Waals surface area contributed by atoms with Crippen LogP contribution in [0.5, 0.6) is 0 Å². The van der Waals surface area contributed by atoms with Gasteiger partial charge in [-0.1, -0.05) is 12.8 Å². The summed E-state index contributed by atoms with van der Waals surface area (Å²) >= 11 is 0. The summed E-state index contributed by atoms with van der Waals surface area (Å²) < 4.78 is 17.9. The molecule has 1 aliphatic carbocycles. The maximum absolute atomic E-state index is 13.2. The number of hydrogen-bond acceptors (Lipinski definition) is 3. The molecule has 18 heavy (non-hydrogen) atoms. The van der Waals surface area contributed by atoms with Crippen molar-refractivity contribution in [1.82, 2.24) is 0 Å². The zero-order valence-electron chi connectivity index (χ0n) is 10.7. The monoisotopic (exact) mass is 251 g/mol. The van der Waals surface area contributed by atoms with Gasteiger partial charge in [0.1, 0.15) is 5.82 Å². The minimum absolute atomic E-state index is 0.225. The Kier molecular flexibility index (Phi) is 3.84. The van der Waals surface area contributed by atoms with E-state index in [1.807, 2.05) is 6.92 Å². The zero-order valence-corrected chi connectivity index (χ0v) is 10.7. The number of carbonyl (C=O) groups excluding carboxylic acids is 1. The maximum atomic E-state index is 13.2. The fraction of sp³-hybridized carbons (Fsp3) is 0.500. The standard InChI is InChI=1S/C14H18FNO2/c1-9(7-10-3-4-10)16-13-8-11(15)5-6-12(13)14(17)18-2/h5-6,8-10,16H,3-4,7H2,1-2H3. The van der Waals surface area contributed by atoms with Crippen molar-refractivity contribution >= 4 is 11.7 Å². The highest BCUT2D eigenvalue weighted by molar-refractivity contribution is 5.95. The smallest absolute Gasteiger partial charge is 0.339 e. The predicted octanol–water partition coefficient (Wildman–Crippen LogP) is 3.21. The summed E-state index contributed by atoms with van der Waals surface area (Å²) in [6.45, 7) is 2.05. The number of hydrogen-bond donors (Lipinski definition) is 1. The third-order valence-corrected chi connectivity index (χ3v) is 3.17. The van der Waals surface area contributed by atoms with Gasteiger partial charge in [-0.2, -0.15) is 0 Å². The topological polar surface area (TPSA) is 38.3 Å². The second kappa shape index (κ2) is 5.38. The van der Waals surface area contributed by atoms with Crippen molar-refractivity contribution in [2.24, 2.45) is 5.92 Å². The number of esters is 1. The van der Waals surface area contributed by atoms with Crippen LogP contribution in [-0.2, 0) is 4.74 Å². The van der Waals surface area contributed by atoms with E-state index in [0.717, 1.165) is 12.3 Å². The summed E-state index contributed by atoms with van der Waals surface area (Å²) in [5, 5.41) is 3.20. The van der Waals surface area contributed by atoms with Gasteiger partial charge < -0.3 is 10.1 Å². The summed E-state index contributed by atoms with van der Waals surface area (Å²) in [5.41, 5.74) is 0.886. The Morgan fingerprint density at radius 3 is 2.89 bits per heavy atom. The molecule has 0 bridgehead atoms. The molecule has 98 valence electrons. The number of rotatable bonds is 5. The van der Waals surface area contributed by atoms with Gasteiger partial charge in [0.25, 0.3) is 0 Å². The second-order valence-corrected chi connectivity index (χ2v) is 4.91. The van der Waals surface area contributed by atoms with E-state index >= 15 is 0 Å². The lowest BCUT2D eigenvalue weighted by Gasteiger charge is -2.17.